The number of piperidine rings is 1. The molecule has 9 nitrogen and oxygen atoms in total. The lowest BCUT2D eigenvalue weighted by molar-refractivity contribution is -0.383. The number of benzene rings is 1. The van der Waals surface area contributed by atoms with Gasteiger partial charge in [0.25, 0.3) is 0 Å². The molecule has 1 saturated heterocycles. The van der Waals surface area contributed by atoms with Gasteiger partial charge in [0, 0.05) is 13.1 Å². The Morgan fingerprint density at radius 2 is 1.79 bits per heavy atom. The van der Waals surface area contributed by atoms with E-state index in [2.05, 4.69) is 22.1 Å². The fraction of sp³-hybridized carbons (Fsp3) is 0.400. The van der Waals surface area contributed by atoms with Crippen LogP contribution in [0.1, 0.15) is 18.4 Å². The van der Waals surface area contributed by atoms with Gasteiger partial charge in [0.2, 0.25) is 11.6 Å². The molecule has 0 saturated carbocycles. The van der Waals surface area contributed by atoms with E-state index in [4.69, 9.17) is 10.5 Å². The molecule has 0 aliphatic carbocycles. The molecule has 1 aromatic carbocycles. The molecule has 1 aliphatic rings. The Kier molecular flexibility index (Phi) is 6.54. The largest absolute Gasteiger partial charge is 0.353 e. The Balaban J connectivity index is 1.79. The van der Waals surface area contributed by atoms with Gasteiger partial charge in [-0.1, -0.05) is 30.3 Å². The Morgan fingerprint density at radius 3 is 2.38 bits per heavy atom. The Hall–Kier alpha value is -3.72. The molecule has 0 radical (unpaired) electrons. The topological polar surface area (TPSA) is 123 Å². The molecule has 2 aromatic rings. The minimum atomic E-state index is -0.525. The van der Waals surface area contributed by atoms with Crippen molar-refractivity contribution in [2.75, 3.05) is 36.0 Å². The highest BCUT2D eigenvalue weighted by Gasteiger charge is 2.32. The average Bonchev–Trinajstić information content (AvgIpc) is 2.74. The van der Waals surface area contributed by atoms with E-state index < -0.39 is 4.92 Å². The number of hydrogen-bond acceptors (Lipinski definition) is 8. The first-order valence-electron chi connectivity index (χ1n) is 9.41. The first-order chi connectivity index (χ1) is 14.1. The Morgan fingerprint density at radius 1 is 1.14 bits per heavy atom. The lowest BCUT2D eigenvalue weighted by Gasteiger charge is -2.33. The number of nitrogens with zero attached hydrogens (tertiary/aromatic N) is 7. The zero-order chi connectivity index (χ0) is 20.6. The summed E-state index contributed by atoms with van der Waals surface area (Å²) in [6.07, 6.45) is 4.07. The van der Waals surface area contributed by atoms with E-state index in [0.717, 1.165) is 19.3 Å². The van der Waals surface area contributed by atoms with Gasteiger partial charge in [-0.15, -0.1) is 0 Å². The van der Waals surface area contributed by atoms with Crippen molar-refractivity contribution in [3.63, 3.8) is 0 Å². The molecule has 1 fully saturated rings. The van der Waals surface area contributed by atoms with Crippen LogP contribution < -0.4 is 9.80 Å². The van der Waals surface area contributed by atoms with E-state index in [-0.39, 0.29) is 30.4 Å². The molecule has 0 unspecified atom stereocenters. The number of aromatic nitrogens is 2. The van der Waals surface area contributed by atoms with Crippen LogP contribution in [0.15, 0.2) is 36.7 Å². The second kappa shape index (κ2) is 9.47. The van der Waals surface area contributed by atoms with Gasteiger partial charge in [0.1, 0.15) is 19.4 Å². The zero-order valence-electron chi connectivity index (χ0n) is 15.9. The van der Waals surface area contributed by atoms with E-state index in [1.165, 1.54) is 16.8 Å². The van der Waals surface area contributed by atoms with Gasteiger partial charge in [0.05, 0.1) is 17.1 Å². The fourth-order valence-corrected chi connectivity index (χ4v) is 3.66. The van der Waals surface area contributed by atoms with Crippen molar-refractivity contribution in [2.24, 2.45) is 5.92 Å². The minimum Gasteiger partial charge on any atom is -0.351 e. The highest BCUT2D eigenvalue weighted by Crippen LogP contribution is 2.36. The van der Waals surface area contributed by atoms with Gasteiger partial charge in [-0.25, -0.2) is 9.97 Å². The second-order valence-corrected chi connectivity index (χ2v) is 6.92. The van der Waals surface area contributed by atoms with Crippen molar-refractivity contribution in [3.05, 3.63) is 52.3 Å². The van der Waals surface area contributed by atoms with Crippen LogP contribution in [0, 0.1) is 38.7 Å². The van der Waals surface area contributed by atoms with E-state index in [9.17, 15) is 10.1 Å². The lowest BCUT2D eigenvalue weighted by atomic mass is 9.90. The van der Waals surface area contributed by atoms with E-state index in [1.807, 2.05) is 35.2 Å². The molecular formula is C20H21N7O2. The van der Waals surface area contributed by atoms with E-state index >= 15 is 0 Å². The number of nitro groups is 1. The minimum absolute atomic E-state index is 0.00880. The number of anilines is 2. The molecule has 0 N–H and O–H groups in total. The van der Waals surface area contributed by atoms with Crippen LogP contribution >= 0.6 is 0 Å². The molecule has 1 aliphatic heterocycles. The smallest absolute Gasteiger partial charge is 0.351 e. The Labute approximate surface area is 169 Å². The van der Waals surface area contributed by atoms with Crippen molar-refractivity contribution in [2.45, 2.75) is 19.3 Å². The van der Waals surface area contributed by atoms with Crippen molar-refractivity contribution < 1.29 is 4.92 Å². The van der Waals surface area contributed by atoms with Crippen molar-refractivity contribution >= 4 is 17.3 Å². The molecule has 0 atom stereocenters. The molecule has 2 heterocycles. The highest BCUT2D eigenvalue weighted by atomic mass is 16.6. The van der Waals surface area contributed by atoms with Crippen molar-refractivity contribution in [1.29, 1.82) is 10.5 Å². The molecule has 0 bridgehead atoms. The van der Waals surface area contributed by atoms with Gasteiger partial charge in [-0.2, -0.15) is 10.5 Å². The van der Waals surface area contributed by atoms with Crippen molar-refractivity contribution in [1.82, 2.24) is 9.97 Å². The molecule has 3 rings (SSSR count). The van der Waals surface area contributed by atoms with Crippen LogP contribution in [-0.2, 0) is 6.42 Å². The highest BCUT2D eigenvalue weighted by molar-refractivity contribution is 5.71. The first-order valence-corrected chi connectivity index (χ1v) is 9.41. The van der Waals surface area contributed by atoms with Crippen LogP contribution in [0.3, 0.4) is 0 Å². The standard InChI is InChI=1S/C20H21N7O2/c21-8-12-26(13-9-22)20-18(27(28)29)19(23-15-24-20)25-10-6-17(7-11-25)14-16-4-2-1-3-5-16/h1-5,15,17H,6-7,10-14H2. The van der Waals surface area contributed by atoms with Crippen LogP contribution in [-0.4, -0.2) is 41.1 Å². The van der Waals surface area contributed by atoms with Gasteiger partial charge in [-0.05, 0) is 30.7 Å². The summed E-state index contributed by atoms with van der Waals surface area (Å²) in [6.45, 7) is 0.991. The summed E-state index contributed by atoms with van der Waals surface area (Å²) < 4.78 is 0. The molecular weight excluding hydrogens is 370 g/mol. The fourth-order valence-electron chi connectivity index (χ4n) is 3.66. The molecule has 1 aromatic heterocycles. The third kappa shape index (κ3) is 4.77. The summed E-state index contributed by atoms with van der Waals surface area (Å²) in [5.74, 6) is 0.774. The maximum atomic E-state index is 11.8. The third-order valence-corrected chi connectivity index (χ3v) is 5.07. The summed E-state index contributed by atoms with van der Waals surface area (Å²) in [5.41, 5.74) is 1.05. The predicted molar refractivity (Wildman–Crippen MR) is 107 cm³/mol. The summed E-state index contributed by atoms with van der Waals surface area (Å²) >= 11 is 0. The lowest BCUT2D eigenvalue weighted by Crippen LogP contribution is -2.36. The van der Waals surface area contributed by atoms with Crippen LogP contribution in [0.25, 0.3) is 0 Å². The quantitative estimate of drug-likeness (QED) is 0.401. The van der Waals surface area contributed by atoms with Gasteiger partial charge in [0.15, 0.2) is 0 Å². The zero-order valence-corrected chi connectivity index (χ0v) is 15.9. The number of hydrogen-bond donors (Lipinski definition) is 0. The van der Waals surface area contributed by atoms with Crippen LogP contribution in [0.4, 0.5) is 17.3 Å². The normalized spacial score (nSPS) is 14.1. The summed E-state index contributed by atoms with van der Waals surface area (Å²) in [4.78, 5) is 22.7. The van der Waals surface area contributed by atoms with Crippen molar-refractivity contribution in [3.8, 4) is 12.1 Å². The number of rotatable bonds is 7. The van der Waals surface area contributed by atoms with Gasteiger partial charge in [-0.3, -0.25) is 10.1 Å². The van der Waals surface area contributed by atoms with E-state index in [0.29, 0.717) is 19.0 Å². The van der Waals surface area contributed by atoms with Crippen LogP contribution in [0.2, 0.25) is 0 Å². The molecule has 9 heteroatoms. The average molecular weight is 391 g/mol. The van der Waals surface area contributed by atoms with E-state index in [1.54, 1.807) is 0 Å². The van der Waals surface area contributed by atoms with Gasteiger partial charge < -0.3 is 9.80 Å². The molecule has 0 amide bonds. The molecule has 148 valence electrons. The molecule has 0 spiro atoms. The first kappa shape index (κ1) is 20.0. The predicted octanol–water partition coefficient (Wildman–Crippen LogP) is 2.70. The second-order valence-electron chi connectivity index (χ2n) is 6.92. The third-order valence-electron chi connectivity index (χ3n) is 5.07. The maximum Gasteiger partial charge on any atom is 0.353 e. The summed E-state index contributed by atoms with van der Waals surface area (Å²) in [5, 5.41) is 29.8. The Bertz CT molecular complexity index is 912. The maximum absolute atomic E-state index is 11.8. The molecule has 29 heavy (non-hydrogen) atoms. The van der Waals surface area contributed by atoms with Gasteiger partial charge >= 0.3 is 5.69 Å². The SMILES string of the molecule is N#CCN(CC#N)c1ncnc(N2CCC(Cc3ccccc3)CC2)c1[N+](=O)[O-]. The summed E-state index contributed by atoms with van der Waals surface area (Å²) in [7, 11) is 0. The summed E-state index contributed by atoms with van der Waals surface area (Å²) in [6, 6.07) is 14.1. The van der Waals surface area contributed by atoms with Crippen LogP contribution in [0.5, 0.6) is 0 Å². The monoisotopic (exact) mass is 391 g/mol. The number of nitriles is 2.